The maximum atomic E-state index is 6.16. The zero-order valence-corrected chi connectivity index (χ0v) is 15.4. The summed E-state index contributed by atoms with van der Waals surface area (Å²) in [4.78, 5) is 16.3. The van der Waals surface area contributed by atoms with Crippen molar-refractivity contribution in [1.82, 2.24) is 20.3 Å². The lowest BCUT2D eigenvalue weighted by atomic mass is 10.0. The van der Waals surface area contributed by atoms with Crippen molar-refractivity contribution in [2.24, 2.45) is 0 Å². The summed E-state index contributed by atoms with van der Waals surface area (Å²) in [5.41, 5.74) is 3.53. The summed E-state index contributed by atoms with van der Waals surface area (Å²) < 4.78 is 6.16. The molecule has 4 heterocycles. The van der Waals surface area contributed by atoms with E-state index in [1.165, 1.54) is 11.3 Å². The molecule has 138 valence electrons. The van der Waals surface area contributed by atoms with Crippen LogP contribution >= 0.6 is 0 Å². The van der Waals surface area contributed by atoms with E-state index in [9.17, 15) is 0 Å². The zero-order valence-electron chi connectivity index (χ0n) is 15.4. The van der Waals surface area contributed by atoms with Crippen LogP contribution in [0.1, 0.15) is 35.6 Å². The van der Waals surface area contributed by atoms with Crippen LogP contribution in [-0.4, -0.2) is 47.2 Å². The highest BCUT2D eigenvalue weighted by Gasteiger charge is 2.26. The van der Waals surface area contributed by atoms with Gasteiger partial charge in [-0.3, -0.25) is 4.98 Å². The quantitative estimate of drug-likeness (QED) is 0.908. The Morgan fingerprint density at radius 3 is 3.04 bits per heavy atom. The van der Waals surface area contributed by atoms with Gasteiger partial charge in [0.2, 0.25) is 0 Å². The first-order valence-corrected chi connectivity index (χ1v) is 9.63. The lowest BCUT2D eigenvalue weighted by Gasteiger charge is -2.35. The van der Waals surface area contributed by atoms with Gasteiger partial charge < -0.3 is 15.0 Å². The Kier molecular flexibility index (Phi) is 5.41. The second kappa shape index (κ2) is 8.10. The molecule has 1 saturated heterocycles. The summed E-state index contributed by atoms with van der Waals surface area (Å²) in [6, 6.07) is 5.96. The van der Waals surface area contributed by atoms with E-state index in [4.69, 9.17) is 14.7 Å². The van der Waals surface area contributed by atoms with Crippen molar-refractivity contribution in [3.63, 3.8) is 0 Å². The number of aromatic nitrogens is 3. The molecule has 6 heteroatoms. The molecule has 0 radical (unpaired) electrons. The maximum absolute atomic E-state index is 6.16. The predicted octanol–water partition coefficient (Wildman–Crippen LogP) is 2.05. The number of hydrogen-bond acceptors (Lipinski definition) is 6. The van der Waals surface area contributed by atoms with Crippen molar-refractivity contribution in [3.05, 3.63) is 47.2 Å². The predicted molar refractivity (Wildman–Crippen MR) is 101 cm³/mol. The molecule has 0 saturated carbocycles. The van der Waals surface area contributed by atoms with E-state index in [1.807, 2.05) is 31.3 Å². The number of aryl methyl sites for hydroxylation is 1. The van der Waals surface area contributed by atoms with E-state index in [-0.39, 0.29) is 6.10 Å². The van der Waals surface area contributed by atoms with Gasteiger partial charge in [0.1, 0.15) is 11.6 Å². The number of nitrogens with one attached hydrogen (secondary N) is 1. The summed E-state index contributed by atoms with van der Waals surface area (Å²) in [6.45, 7) is 6.51. The van der Waals surface area contributed by atoms with Crippen LogP contribution in [0.15, 0.2) is 24.4 Å². The zero-order chi connectivity index (χ0) is 17.8. The number of anilines is 1. The molecule has 2 aliphatic heterocycles. The van der Waals surface area contributed by atoms with E-state index >= 15 is 0 Å². The van der Waals surface area contributed by atoms with Gasteiger partial charge in [-0.2, -0.15) is 0 Å². The molecule has 0 bridgehead atoms. The lowest BCUT2D eigenvalue weighted by Crippen LogP contribution is -2.41. The van der Waals surface area contributed by atoms with Crippen molar-refractivity contribution >= 4 is 5.82 Å². The standard InChI is InChI=1S/C20H27N5O/c1-15-23-19-8-11-21-10-7-18(19)20(24-15)25-12-4-6-17(13-25)26-14-16-5-2-3-9-22-16/h2-3,5,9,17,21H,4,6-8,10-14H2,1H3/t17-/m1/s1. The van der Waals surface area contributed by atoms with Crippen LogP contribution in [0.2, 0.25) is 0 Å². The van der Waals surface area contributed by atoms with Gasteiger partial charge in [0.15, 0.2) is 0 Å². The molecule has 1 N–H and O–H groups in total. The average Bonchev–Trinajstić information content (AvgIpc) is 2.92. The summed E-state index contributed by atoms with van der Waals surface area (Å²) in [5.74, 6) is 2.00. The molecule has 1 fully saturated rings. The molecule has 2 aliphatic rings. The van der Waals surface area contributed by atoms with Crippen LogP contribution in [0.5, 0.6) is 0 Å². The van der Waals surface area contributed by atoms with Gasteiger partial charge in [0.25, 0.3) is 0 Å². The highest BCUT2D eigenvalue weighted by atomic mass is 16.5. The first-order valence-electron chi connectivity index (χ1n) is 9.63. The van der Waals surface area contributed by atoms with E-state index in [0.29, 0.717) is 6.61 Å². The first kappa shape index (κ1) is 17.4. The topological polar surface area (TPSA) is 63.2 Å². The highest BCUT2D eigenvalue weighted by molar-refractivity contribution is 5.50. The normalized spacial score (nSPS) is 20.5. The molecule has 2 aromatic rings. The molecular formula is C20H27N5O. The monoisotopic (exact) mass is 353 g/mol. The molecule has 6 nitrogen and oxygen atoms in total. The van der Waals surface area contributed by atoms with Crippen molar-refractivity contribution in [2.45, 2.75) is 45.3 Å². The average molecular weight is 353 g/mol. The molecule has 0 spiro atoms. The van der Waals surface area contributed by atoms with Crippen molar-refractivity contribution in [2.75, 3.05) is 31.1 Å². The number of rotatable bonds is 4. The third-order valence-corrected chi connectivity index (χ3v) is 5.14. The Bertz CT molecular complexity index is 736. The lowest BCUT2D eigenvalue weighted by molar-refractivity contribution is 0.0296. The van der Waals surface area contributed by atoms with Crippen LogP contribution in [0.25, 0.3) is 0 Å². The van der Waals surface area contributed by atoms with Crippen molar-refractivity contribution in [1.29, 1.82) is 0 Å². The van der Waals surface area contributed by atoms with Crippen molar-refractivity contribution < 1.29 is 4.74 Å². The second-order valence-corrected chi connectivity index (χ2v) is 7.11. The Morgan fingerprint density at radius 1 is 1.23 bits per heavy atom. The summed E-state index contributed by atoms with van der Waals surface area (Å²) in [5, 5.41) is 3.47. The fraction of sp³-hybridized carbons (Fsp3) is 0.550. The Hall–Kier alpha value is -2.05. The van der Waals surface area contributed by atoms with Gasteiger partial charge in [-0.15, -0.1) is 0 Å². The van der Waals surface area contributed by atoms with Gasteiger partial charge in [0, 0.05) is 37.8 Å². The molecular weight excluding hydrogens is 326 g/mol. The molecule has 0 amide bonds. The van der Waals surface area contributed by atoms with Gasteiger partial charge >= 0.3 is 0 Å². The molecule has 26 heavy (non-hydrogen) atoms. The first-order chi connectivity index (χ1) is 12.8. The summed E-state index contributed by atoms with van der Waals surface area (Å²) in [7, 11) is 0. The van der Waals surface area contributed by atoms with E-state index in [1.54, 1.807) is 0 Å². The minimum Gasteiger partial charge on any atom is -0.370 e. The molecule has 2 aromatic heterocycles. The van der Waals surface area contributed by atoms with Crippen LogP contribution in [0.3, 0.4) is 0 Å². The Balaban J connectivity index is 1.48. The molecule has 0 aliphatic carbocycles. The number of pyridine rings is 1. The highest BCUT2D eigenvalue weighted by Crippen LogP contribution is 2.27. The minimum absolute atomic E-state index is 0.223. The Labute approximate surface area is 155 Å². The fourth-order valence-electron chi connectivity index (χ4n) is 3.86. The fourth-order valence-corrected chi connectivity index (χ4v) is 3.86. The maximum Gasteiger partial charge on any atom is 0.135 e. The second-order valence-electron chi connectivity index (χ2n) is 7.11. The number of piperidine rings is 1. The third kappa shape index (κ3) is 4.02. The molecule has 0 aromatic carbocycles. The van der Waals surface area contributed by atoms with Gasteiger partial charge in [0.05, 0.1) is 24.1 Å². The smallest absolute Gasteiger partial charge is 0.135 e. The minimum atomic E-state index is 0.223. The van der Waals surface area contributed by atoms with E-state index < -0.39 is 0 Å². The number of nitrogens with zero attached hydrogens (tertiary/aromatic N) is 4. The number of fused-ring (bicyclic) bond motifs is 1. The van der Waals surface area contributed by atoms with E-state index in [0.717, 1.165) is 69.2 Å². The van der Waals surface area contributed by atoms with Crippen LogP contribution in [0.4, 0.5) is 5.82 Å². The molecule has 1 atom stereocenters. The van der Waals surface area contributed by atoms with Crippen LogP contribution < -0.4 is 10.2 Å². The summed E-state index contributed by atoms with van der Waals surface area (Å²) in [6.07, 6.45) is 6.25. The SMILES string of the molecule is Cc1nc2c(c(N3CCC[C@@H](OCc4ccccn4)C3)n1)CCNCC2. The molecule has 0 unspecified atom stereocenters. The van der Waals surface area contributed by atoms with Gasteiger partial charge in [-0.25, -0.2) is 9.97 Å². The third-order valence-electron chi connectivity index (χ3n) is 5.14. The van der Waals surface area contributed by atoms with Gasteiger partial charge in [-0.1, -0.05) is 6.07 Å². The Morgan fingerprint density at radius 2 is 2.15 bits per heavy atom. The largest absolute Gasteiger partial charge is 0.370 e. The molecule has 4 rings (SSSR count). The number of hydrogen-bond donors (Lipinski definition) is 1. The summed E-state index contributed by atoms with van der Waals surface area (Å²) >= 11 is 0. The van der Waals surface area contributed by atoms with Crippen LogP contribution in [0, 0.1) is 6.92 Å². The van der Waals surface area contributed by atoms with E-state index in [2.05, 4.69) is 15.2 Å². The van der Waals surface area contributed by atoms with Crippen LogP contribution in [-0.2, 0) is 24.2 Å². The number of ether oxygens (including phenoxy) is 1. The van der Waals surface area contributed by atoms with Crippen molar-refractivity contribution in [3.8, 4) is 0 Å². The van der Waals surface area contributed by atoms with Gasteiger partial charge in [-0.05, 0) is 44.9 Å².